The maximum absolute atomic E-state index is 12.0. The van der Waals surface area contributed by atoms with Crippen LogP contribution in [0.15, 0.2) is 30.3 Å². The van der Waals surface area contributed by atoms with Crippen LogP contribution >= 0.6 is 0 Å². The minimum Gasteiger partial charge on any atom is -0.324 e. The van der Waals surface area contributed by atoms with Gasteiger partial charge in [0.05, 0.1) is 5.69 Å². The average molecular weight is 318 g/mol. The molecule has 23 heavy (non-hydrogen) atoms. The number of rotatable bonds is 6. The standard InChI is InChI=1S/C16H22N4O3/c1-16(2)14(22)20(15(23)17-16)11-7-10-13(21)18-19(3)12-8-5-4-6-9-12/h4-6,8-9H,7,10-11H2,1-3H3,(H,17,23)(H,18,21). The molecule has 2 rings (SSSR count). The van der Waals surface area contributed by atoms with Gasteiger partial charge in [-0.1, -0.05) is 18.2 Å². The Morgan fingerprint density at radius 2 is 1.91 bits per heavy atom. The second-order valence-electron chi connectivity index (χ2n) is 6.05. The molecule has 0 aliphatic carbocycles. The fraction of sp³-hybridized carbons (Fsp3) is 0.438. The van der Waals surface area contributed by atoms with Crippen molar-refractivity contribution in [3.8, 4) is 0 Å². The van der Waals surface area contributed by atoms with Gasteiger partial charge < -0.3 is 5.32 Å². The number of nitrogens with one attached hydrogen (secondary N) is 2. The Morgan fingerprint density at radius 3 is 2.48 bits per heavy atom. The van der Waals surface area contributed by atoms with Gasteiger partial charge in [-0.05, 0) is 32.4 Å². The lowest BCUT2D eigenvalue weighted by Crippen LogP contribution is -2.41. The molecule has 1 heterocycles. The Labute approximate surface area is 135 Å². The Balaban J connectivity index is 1.77. The van der Waals surface area contributed by atoms with Crippen molar-refractivity contribution in [2.45, 2.75) is 32.2 Å². The van der Waals surface area contributed by atoms with Gasteiger partial charge in [-0.2, -0.15) is 0 Å². The van der Waals surface area contributed by atoms with Crippen LogP contribution < -0.4 is 15.8 Å². The molecule has 0 aromatic heterocycles. The van der Waals surface area contributed by atoms with E-state index < -0.39 is 11.6 Å². The third-order valence-corrected chi connectivity index (χ3v) is 3.67. The molecule has 0 radical (unpaired) electrons. The number of imide groups is 1. The number of amides is 4. The fourth-order valence-electron chi connectivity index (χ4n) is 2.38. The molecule has 1 aliphatic rings. The highest BCUT2D eigenvalue weighted by Crippen LogP contribution is 2.17. The molecule has 0 saturated carbocycles. The monoisotopic (exact) mass is 318 g/mol. The summed E-state index contributed by atoms with van der Waals surface area (Å²) in [5.41, 5.74) is 2.75. The van der Waals surface area contributed by atoms with Crippen LogP contribution in [0.2, 0.25) is 0 Å². The van der Waals surface area contributed by atoms with Gasteiger partial charge in [-0.15, -0.1) is 0 Å². The zero-order valence-corrected chi connectivity index (χ0v) is 13.6. The largest absolute Gasteiger partial charge is 0.325 e. The van der Waals surface area contributed by atoms with Crippen LogP contribution in [-0.2, 0) is 9.59 Å². The Hall–Kier alpha value is -2.57. The van der Waals surface area contributed by atoms with Gasteiger partial charge in [0.2, 0.25) is 5.91 Å². The number of carbonyl (C=O) groups is 3. The van der Waals surface area contributed by atoms with E-state index in [1.807, 2.05) is 30.3 Å². The van der Waals surface area contributed by atoms with Gasteiger partial charge in [-0.3, -0.25) is 24.9 Å². The fourth-order valence-corrected chi connectivity index (χ4v) is 2.38. The van der Waals surface area contributed by atoms with Crippen molar-refractivity contribution in [1.29, 1.82) is 0 Å². The number of hydrogen-bond acceptors (Lipinski definition) is 4. The van der Waals surface area contributed by atoms with Crippen LogP contribution in [0.25, 0.3) is 0 Å². The maximum Gasteiger partial charge on any atom is 0.325 e. The maximum atomic E-state index is 12.0. The molecule has 1 fully saturated rings. The van der Waals surface area contributed by atoms with Crippen molar-refractivity contribution in [3.05, 3.63) is 30.3 Å². The van der Waals surface area contributed by atoms with E-state index in [1.165, 1.54) is 0 Å². The SMILES string of the molecule is CN(NC(=O)CCCN1C(=O)NC(C)(C)C1=O)c1ccccc1. The number of hydrazine groups is 1. The highest BCUT2D eigenvalue weighted by molar-refractivity contribution is 6.06. The first-order valence-electron chi connectivity index (χ1n) is 7.53. The van der Waals surface area contributed by atoms with Gasteiger partial charge in [0, 0.05) is 20.0 Å². The summed E-state index contributed by atoms with van der Waals surface area (Å²) in [5, 5.41) is 4.25. The van der Waals surface area contributed by atoms with Crippen molar-refractivity contribution < 1.29 is 14.4 Å². The first-order valence-corrected chi connectivity index (χ1v) is 7.53. The lowest BCUT2D eigenvalue weighted by atomic mass is 10.1. The van der Waals surface area contributed by atoms with Gasteiger partial charge >= 0.3 is 6.03 Å². The minimum atomic E-state index is -0.868. The number of benzene rings is 1. The predicted molar refractivity (Wildman–Crippen MR) is 86.5 cm³/mol. The average Bonchev–Trinajstić information content (AvgIpc) is 2.69. The Kier molecular flexibility index (Phi) is 4.88. The molecule has 2 N–H and O–H groups in total. The van der Waals surface area contributed by atoms with Crippen LogP contribution in [0.1, 0.15) is 26.7 Å². The number of urea groups is 1. The highest BCUT2D eigenvalue weighted by Gasteiger charge is 2.43. The molecule has 1 saturated heterocycles. The van der Waals surface area contributed by atoms with E-state index in [4.69, 9.17) is 0 Å². The normalized spacial score (nSPS) is 16.2. The van der Waals surface area contributed by atoms with Crippen LogP contribution in [0.5, 0.6) is 0 Å². The summed E-state index contributed by atoms with van der Waals surface area (Å²) in [6, 6.07) is 9.04. The second-order valence-corrected chi connectivity index (χ2v) is 6.05. The van der Waals surface area contributed by atoms with Gasteiger partial charge in [0.25, 0.3) is 5.91 Å². The zero-order chi connectivity index (χ0) is 17.0. The molecule has 0 spiro atoms. The van der Waals surface area contributed by atoms with Crippen molar-refractivity contribution in [2.24, 2.45) is 0 Å². The summed E-state index contributed by atoms with van der Waals surface area (Å²) < 4.78 is 0. The number of hydrogen-bond donors (Lipinski definition) is 2. The highest BCUT2D eigenvalue weighted by atomic mass is 16.2. The number of nitrogens with zero attached hydrogens (tertiary/aromatic N) is 2. The topological polar surface area (TPSA) is 81.8 Å². The molecule has 0 unspecified atom stereocenters. The van der Waals surface area contributed by atoms with Crippen molar-refractivity contribution in [1.82, 2.24) is 15.6 Å². The van der Waals surface area contributed by atoms with Crippen LogP contribution in [-0.4, -0.2) is 41.9 Å². The summed E-state index contributed by atoms with van der Waals surface area (Å²) in [7, 11) is 1.76. The third kappa shape index (κ3) is 4.00. The van der Waals surface area contributed by atoms with Crippen LogP contribution in [0.3, 0.4) is 0 Å². The third-order valence-electron chi connectivity index (χ3n) is 3.67. The summed E-state index contributed by atoms with van der Waals surface area (Å²) >= 11 is 0. The van der Waals surface area contributed by atoms with E-state index in [9.17, 15) is 14.4 Å². The number of anilines is 1. The minimum absolute atomic E-state index is 0.164. The molecular weight excluding hydrogens is 296 g/mol. The lowest BCUT2D eigenvalue weighted by Gasteiger charge is -2.20. The van der Waals surface area contributed by atoms with Crippen LogP contribution in [0.4, 0.5) is 10.5 Å². The first kappa shape index (κ1) is 16.8. The van der Waals surface area contributed by atoms with Gasteiger partial charge in [0.15, 0.2) is 0 Å². The molecule has 1 aromatic carbocycles. The molecular formula is C16H22N4O3. The molecule has 124 valence electrons. The lowest BCUT2D eigenvalue weighted by molar-refractivity contribution is -0.130. The summed E-state index contributed by atoms with van der Waals surface area (Å²) in [6.45, 7) is 3.56. The molecule has 0 bridgehead atoms. The molecule has 1 aromatic rings. The van der Waals surface area contributed by atoms with E-state index in [0.717, 1.165) is 10.6 Å². The van der Waals surface area contributed by atoms with Crippen molar-refractivity contribution in [2.75, 3.05) is 18.6 Å². The first-order chi connectivity index (χ1) is 10.8. The van der Waals surface area contributed by atoms with E-state index in [1.54, 1.807) is 25.9 Å². The smallest absolute Gasteiger partial charge is 0.324 e. The predicted octanol–water partition coefficient (Wildman–Crippen LogP) is 1.26. The number of carbonyl (C=O) groups excluding carboxylic acids is 3. The van der Waals surface area contributed by atoms with E-state index in [2.05, 4.69) is 10.7 Å². The number of para-hydroxylation sites is 1. The molecule has 7 heteroatoms. The van der Waals surface area contributed by atoms with Crippen molar-refractivity contribution >= 4 is 23.5 Å². The summed E-state index contributed by atoms with van der Waals surface area (Å²) in [6.07, 6.45) is 0.651. The van der Waals surface area contributed by atoms with Gasteiger partial charge in [0.1, 0.15) is 5.54 Å². The quantitative estimate of drug-likeness (QED) is 0.611. The Morgan fingerprint density at radius 1 is 1.26 bits per heavy atom. The molecule has 4 amide bonds. The second kappa shape index (κ2) is 6.68. The molecule has 7 nitrogen and oxygen atoms in total. The van der Waals surface area contributed by atoms with Crippen LogP contribution in [0, 0.1) is 0 Å². The van der Waals surface area contributed by atoms with E-state index >= 15 is 0 Å². The van der Waals surface area contributed by atoms with E-state index in [0.29, 0.717) is 6.42 Å². The molecule has 0 atom stereocenters. The van der Waals surface area contributed by atoms with Gasteiger partial charge in [-0.25, -0.2) is 4.79 Å². The Bertz CT molecular complexity index is 601. The van der Waals surface area contributed by atoms with Crippen molar-refractivity contribution in [3.63, 3.8) is 0 Å². The summed E-state index contributed by atoms with van der Waals surface area (Å²) in [5.74, 6) is -0.424. The summed E-state index contributed by atoms with van der Waals surface area (Å²) in [4.78, 5) is 36.8. The molecule has 1 aliphatic heterocycles. The van der Waals surface area contributed by atoms with E-state index in [-0.39, 0.29) is 24.8 Å². The zero-order valence-electron chi connectivity index (χ0n) is 13.6.